The van der Waals surface area contributed by atoms with Gasteiger partial charge in [0.05, 0.1) is 54.5 Å². The predicted molar refractivity (Wildman–Crippen MR) is 189 cm³/mol. The van der Waals surface area contributed by atoms with E-state index in [0.29, 0.717) is 37.9 Å². The molecule has 1 N–H and O–H groups in total. The number of methoxy groups -OCH3 is 1. The van der Waals surface area contributed by atoms with Crippen LogP contribution in [-0.4, -0.2) is 87.4 Å². The molecular formula is C38H43F3N4O5S. The zero-order valence-corrected chi connectivity index (χ0v) is 29.8. The number of rotatable bonds is 10. The maximum atomic E-state index is 14.6. The highest BCUT2D eigenvalue weighted by Gasteiger charge is 2.33. The highest BCUT2D eigenvalue weighted by molar-refractivity contribution is 7.91. The summed E-state index contributed by atoms with van der Waals surface area (Å²) in [6.07, 6.45) is -2.85. The van der Waals surface area contributed by atoms with Crippen molar-refractivity contribution in [2.24, 2.45) is 0 Å². The zero-order chi connectivity index (χ0) is 36.3. The third kappa shape index (κ3) is 8.06. The molecule has 0 bridgehead atoms. The largest absolute Gasteiger partial charge is 0.495 e. The van der Waals surface area contributed by atoms with Gasteiger partial charge in [-0.25, -0.2) is 13.4 Å². The fourth-order valence-corrected chi connectivity index (χ4v) is 8.12. The van der Waals surface area contributed by atoms with Crippen LogP contribution in [0.4, 0.5) is 13.2 Å². The molecule has 0 saturated carbocycles. The molecule has 2 saturated heterocycles. The molecule has 4 aromatic rings. The maximum Gasteiger partial charge on any atom is 0.416 e. The Hall–Kier alpha value is -4.04. The Morgan fingerprint density at radius 1 is 1.02 bits per heavy atom. The number of morpholine rings is 1. The van der Waals surface area contributed by atoms with Crippen LogP contribution < -0.4 is 10.1 Å². The number of aromatic nitrogens is 1. The number of ether oxygens (including phenoxy) is 2. The quantitative estimate of drug-likeness (QED) is 0.198. The van der Waals surface area contributed by atoms with Crippen molar-refractivity contribution >= 4 is 26.6 Å². The van der Waals surface area contributed by atoms with Crippen molar-refractivity contribution in [3.05, 3.63) is 89.0 Å². The first kappa shape index (κ1) is 36.7. The minimum absolute atomic E-state index is 0.0359. The van der Waals surface area contributed by atoms with Crippen molar-refractivity contribution in [1.82, 2.24) is 20.1 Å². The Morgan fingerprint density at radius 3 is 2.37 bits per heavy atom. The van der Waals surface area contributed by atoms with E-state index >= 15 is 0 Å². The summed E-state index contributed by atoms with van der Waals surface area (Å²) in [4.78, 5) is 24.1. The Bertz CT molecular complexity index is 1980. The second-order valence-corrected chi connectivity index (χ2v) is 15.3. The third-order valence-corrected chi connectivity index (χ3v) is 11.7. The lowest BCUT2D eigenvalue weighted by atomic mass is 9.93. The number of amides is 1. The minimum Gasteiger partial charge on any atom is -0.495 e. The number of halogens is 3. The SMILES string of the molecule is CCS(=O)(=O)c1cc2c(C(=O)N[C@@H](C)c3ccccc3)c(CN3CCC(N4CCOCC4)CC3)c(-c3cccc(C(F)(F)F)c3)nc2cc1OC. The molecule has 2 aliphatic heterocycles. The first-order chi connectivity index (χ1) is 24.4. The van der Waals surface area contributed by atoms with Gasteiger partial charge in [-0.05, 0) is 56.6 Å². The summed E-state index contributed by atoms with van der Waals surface area (Å²) in [6.45, 7) is 8.11. The highest BCUT2D eigenvalue weighted by atomic mass is 32.2. The molecule has 0 spiro atoms. The van der Waals surface area contributed by atoms with E-state index in [1.165, 1.54) is 32.2 Å². The molecular weight excluding hydrogens is 682 g/mol. The standard InChI is InChI=1S/C38H43F3N4O5S/c1-4-51(47,48)34-22-30-32(23-33(34)49-3)43-36(27-11-8-12-28(21-27)38(39,40)41)31(35(30)37(46)42-25(2)26-9-6-5-7-10-26)24-44-15-13-29(14-16-44)45-17-19-50-20-18-45/h5-12,21-23,25,29H,4,13-20,24H2,1-3H3,(H,42,46)/t25-/m0/s1. The minimum atomic E-state index is -4.60. The van der Waals surface area contributed by atoms with E-state index in [1.54, 1.807) is 6.07 Å². The molecule has 2 aliphatic rings. The van der Waals surface area contributed by atoms with Crippen molar-refractivity contribution in [3.63, 3.8) is 0 Å². The summed E-state index contributed by atoms with van der Waals surface area (Å²) >= 11 is 0. The van der Waals surface area contributed by atoms with Gasteiger partial charge in [-0.2, -0.15) is 13.2 Å². The summed E-state index contributed by atoms with van der Waals surface area (Å²) in [5, 5.41) is 3.36. The summed E-state index contributed by atoms with van der Waals surface area (Å²) in [5.41, 5.74) is 1.24. The molecule has 9 nitrogen and oxygen atoms in total. The summed E-state index contributed by atoms with van der Waals surface area (Å²) in [5.74, 6) is -0.661. The molecule has 1 aromatic heterocycles. The number of hydrogen-bond acceptors (Lipinski definition) is 8. The van der Waals surface area contributed by atoms with Gasteiger partial charge in [0, 0.05) is 48.3 Å². The van der Waals surface area contributed by atoms with Gasteiger partial charge in [0.15, 0.2) is 9.84 Å². The fourth-order valence-electron chi connectivity index (χ4n) is 7.07. The lowest BCUT2D eigenvalue weighted by Crippen LogP contribution is -2.48. The number of benzene rings is 3. The number of piperidine rings is 1. The topological polar surface area (TPSA) is 101 Å². The monoisotopic (exact) mass is 724 g/mol. The van der Waals surface area contributed by atoms with Crippen LogP contribution in [-0.2, 0) is 27.3 Å². The number of alkyl halides is 3. The Balaban J connectivity index is 1.54. The maximum absolute atomic E-state index is 14.6. The van der Waals surface area contributed by atoms with Gasteiger partial charge in [-0.15, -0.1) is 0 Å². The van der Waals surface area contributed by atoms with E-state index in [0.717, 1.165) is 43.6 Å². The smallest absolute Gasteiger partial charge is 0.416 e. The number of pyridine rings is 1. The van der Waals surface area contributed by atoms with Crippen LogP contribution in [0.25, 0.3) is 22.2 Å². The van der Waals surface area contributed by atoms with E-state index in [9.17, 15) is 26.4 Å². The van der Waals surface area contributed by atoms with Crippen LogP contribution in [0.3, 0.4) is 0 Å². The number of likely N-dealkylation sites (tertiary alicyclic amines) is 1. The Kier molecular flexibility index (Phi) is 11.0. The van der Waals surface area contributed by atoms with Crippen molar-refractivity contribution in [1.29, 1.82) is 0 Å². The molecule has 0 radical (unpaired) electrons. The van der Waals surface area contributed by atoms with E-state index in [2.05, 4.69) is 15.1 Å². The molecule has 51 heavy (non-hydrogen) atoms. The van der Waals surface area contributed by atoms with Crippen molar-refractivity contribution in [3.8, 4) is 17.0 Å². The van der Waals surface area contributed by atoms with Gasteiger partial charge >= 0.3 is 6.18 Å². The number of hydrogen-bond donors (Lipinski definition) is 1. The van der Waals surface area contributed by atoms with Crippen LogP contribution in [0.1, 0.15) is 59.8 Å². The number of fused-ring (bicyclic) bond motifs is 1. The number of sulfone groups is 1. The first-order valence-electron chi connectivity index (χ1n) is 17.2. The molecule has 0 aliphatic carbocycles. The van der Waals surface area contributed by atoms with E-state index in [-0.39, 0.29) is 50.7 Å². The Morgan fingerprint density at radius 2 is 1.73 bits per heavy atom. The van der Waals surface area contributed by atoms with Gasteiger partial charge in [-0.3, -0.25) is 14.6 Å². The van der Waals surface area contributed by atoms with Gasteiger partial charge in [0.1, 0.15) is 10.6 Å². The van der Waals surface area contributed by atoms with E-state index < -0.39 is 33.5 Å². The fraction of sp³-hybridized carbons (Fsp3) is 0.421. The van der Waals surface area contributed by atoms with Crippen LogP contribution in [0.2, 0.25) is 0 Å². The molecule has 3 heterocycles. The van der Waals surface area contributed by atoms with Crippen LogP contribution >= 0.6 is 0 Å². The highest BCUT2D eigenvalue weighted by Crippen LogP contribution is 2.39. The average Bonchev–Trinajstić information content (AvgIpc) is 3.14. The molecule has 13 heteroatoms. The number of carbonyl (C=O) groups excluding carboxylic acids is 1. The number of carbonyl (C=O) groups is 1. The molecule has 272 valence electrons. The summed E-state index contributed by atoms with van der Waals surface area (Å²) < 4.78 is 79.8. The molecule has 2 fully saturated rings. The summed E-state index contributed by atoms with van der Waals surface area (Å²) in [7, 11) is -2.47. The zero-order valence-electron chi connectivity index (χ0n) is 29.0. The molecule has 6 rings (SSSR count). The molecule has 3 aromatic carbocycles. The van der Waals surface area contributed by atoms with Crippen LogP contribution in [0.15, 0.2) is 71.6 Å². The second-order valence-electron chi connectivity index (χ2n) is 13.1. The third-order valence-electron chi connectivity index (χ3n) is 9.92. The van der Waals surface area contributed by atoms with E-state index in [1.807, 2.05) is 37.3 Å². The van der Waals surface area contributed by atoms with E-state index in [4.69, 9.17) is 14.5 Å². The summed E-state index contributed by atoms with van der Waals surface area (Å²) in [6, 6.07) is 17.1. The molecule has 1 atom stereocenters. The number of nitrogens with one attached hydrogen (secondary N) is 1. The molecule has 1 amide bonds. The van der Waals surface area contributed by atoms with Gasteiger partial charge < -0.3 is 14.8 Å². The number of nitrogens with zero attached hydrogens (tertiary/aromatic N) is 3. The van der Waals surface area contributed by atoms with Crippen LogP contribution in [0, 0.1) is 0 Å². The van der Waals surface area contributed by atoms with Gasteiger partial charge in [0.25, 0.3) is 5.91 Å². The Labute approximate surface area is 296 Å². The normalized spacial score (nSPS) is 17.4. The van der Waals surface area contributed by atoms with Gasteiger partial charge in [-0.1, -0.05) is 49.4 Å². The van der Waals surface area contributed by atoms with Crippen molar-refractivity contribution < 1.29 is 35.9 Å². The van der Waals surface area contributed by atoms with Crippen LogP contribution in [0.5, 0.6) is 5.75 Å². The predicted octanol–water partition coefficient (Wildman–Crippen LogP) is 6.51. The average molecular weight is 725 g/mol. The molecule has 0 unspecified atom stereocenters. The van der Waals surface area contributed by atoms with Gasteiger partial charge in [0.2, 0.25) is 0 Å². The van der Waals surface area contributed by atoms with Crippen molar-refractivity contribution in [2.75, 3.05) is 52.3 Å². The lowest BCUT2D eigenvalue weighted by molar-refractivity contribution is -0.137. The van der Waals surface area contributed by atoms with Crippen molar-refractivity contribution in [2.45, 2.75) is 56.4 Å². The second kappa shape index (κ2) is 15.3. The first-order valence-corrected chi connectivity index (χ1v) is 18.9. The lowest BCUT2D eigenvalue weighted by Gasteiger charge is -2.40.